The molecule has 1 aliphatic rings. The molecule has 0 atom stereocenters. The second-order valence-electron chi connectivity index (χ2n) is 4.13. The van der Waals surface area contributed by atoms with Crippen LogP contribution in [-0.4, -0.2) is 48.0 Å². The molecule has 0 spiro atoms. The second kappa shape index (κ2) is 7.16. The summed E-state index contributed by atoms with van der Waals surface area (Å²) in [6.45, 7) is 2.19. The summed E-state index contributed by atoms with van der Waals surface area (Å²) in [5.74, 6) is -0.548. The van der Waals surface area contributed by atoms with Crippen molar-refractivity contribution in [3.05, 3.63) is 35.1 Å². The van der Waals surface area contributed by atoms with Gasteiger partial charge in [-0.1, -0.05) is 0 Å². The number of aromatic nitrogens is 1. The van der Waals surface area contributed by atoms with E-state index in [1.807, 2.05) is 0 Å². The fraction of sp³-hybridized carbons (Fsp3) is 0.308. The van der Waals surface area contributed by atoms with Crippen LogP contribution in [0.2, 0.25) is 0 Å². The SMILES string of the molecule is O=C(/C=C\C(=O)N1CCOCC1)Nc1ccc(Br)nc1. The molecule has 0 aromatic carbocycles. The van der Waals surface area contributed by atoms with Gasteiger partial charge in [-0.3, -0.25) is 9.59 Å². The van der Waals surface area contributed by atoms with Crippen LogP contribution < -0.4 is 5.32 Å². The molecule has 2 heterocycles. The highest BCUT2D eigenvalue weighted by molar-refractivity contribution is 9.10. The number of amides is 2. The maximum atomic E-state index is 11.8. The average molecular weight is 340 g/mol. The highest BCUT2D eigenvalue weighted by Crippen LogP contribution is 2.10. The Bertz CT molecular complexity index is 510. The van der Waals surface area contributed by atoms with Crippen molar-refractivity contribution in [1.29, 1.82) is 0 Å². The highest BCUT2D eigenvalue weighted by atomic mass is 79.9. The topological polar surface area (TPSA) is 71.5 Å². The Morgan fingerprint density at radius 3 is 2.70 bits per heavy atom. The van der Waals surface area contributed by atoms with Crippen molar-refractivity contribution in [1.82, 2.24) is 9.88 Å². The largest absolute Gasteiger partial charge is 0.378 e. The predicted octanol–water partition coefficient (Wildman–Crippen LogP) is 1.20. The van der Waals surface area contributed by atoms with E-state index in [0.29, 0.717) is 36.6 Å². The van der Waals surface area contributed by atoms with Gasteiger partial charge in [0.05, 0.1) is 25.1 Å². The zero-order chi connectivity index (χ0) is 14.4. The van der Waals surface area contributed by atoms with Gasteiger partial charge < -0.3 is 15.0 Å². The predicted molar refractivity (Wildman–Crippen MR) is 77.1 cm³/mol. The maximum Gasteiger partial charge on any atom is 0.248 e. The molecule has 6 nitrogen and oxygen atoms in total. The van der Waals surface area contributed by atoms with Gasteiger partial charge in [0.25, 0.3) is 0 Å². The van der Waals surface area contributed by atoms with Crippen LogP contribution in [0.1, 0.15) is 0 Å². The van der Waals surface area contributed by atoms with Gasteiger partial charge in [-0.2, -0.15) is 0 Å². The number of halogens is 1. The lowest BCUT2D eigenvalue weighted by Crippen LogP contribution is -2.39. The molecule has 1 aliphatic heterocycles. The number of hydrogen-bond acceptors (Lipinski definition) is 4. The molecular formula is C13H14BrN3O3. The summed E-state index contributed by atoms with van der Waals surface area (Å²) in [7, 11) is 0. The lowest BCUT2D eigenvalue weighted by atomic mass is 10.3. The normalized spacial score (nSPS) is 15.3. The zero-order valence-corrected chi connectivity index (χ0v) is 12.3. The van der Waals surface area contributed by atoms with Crippen molar-refractivity contribution in [3.63, 3.8) is 0 Å². The average Bonchev–Trinajstić information content (AvgIpc) is 2.48. The number of ether oxygens (including phenoxy) is 1. The molecule has 0 saturated carbocycles. The first kappa shape index (κ1) is 14.7. The van der Waals surface area contributed by atoms with E-state index < -0.39 is 0 Å². The van der Waals surface area contributed by atoms with Crippen LogP contribution in [0.3, 0.4) is 0 Å². The van der Waals surface area contributed by atoms with E-state index in [2.05, 4.69) is 26.2 Å². The minimum absolute atomic E-state index is 0.183. The quantitative estimate of drug-likeness (QED) is 0.663. The first-order chi connectivity index (χ1) is 9.65. The Kier molecular flexibility index (Phi) is 5.25. The van der Waals surface area contributed by atoms with E-state index in [4.69, 9.17) is 4.74 Å². The van der Waals surface area contributed by atoms with Gasteiger partial charge in [-0.15, -0.1) is 0 Å². The molecule has 0 aliphatic carbocycles. The number of rotatable bonds is 3. The minimum Gasteiger partial charge on any atom is -0.378 e. The summed E-state index contributed by atoms with van der Waals surface area (Å²) in [5, 5.41) is 2.62. The summed E-state index contributed by atoms with van der Waals surface area (Å²) >= 11 is 3.21. The van der Waals surface area contributed by atoms with Gasteiger partial charge in [-0.05, 0) is 28.1 Å². The van der Waals surface area contributed by atoms with Gasteiger partial charge in [-0.25, -0.2) is 4.98 Å². The van der Waals surface area contributed by atoms with E-state index in [1.165, 1.54) is 18.3 Å². The number of anilines is 1. The van der Waals surface area contributed by atoms with E-state index in [1.54, 1.807) is 17.0 Å². The first-order valence-corrected chi connectivity index (χ1v) is 6.92. The molecule has 106 valence electrons. The highest BCUT2D eigenvalue weighted by Gasteiger charge is 2.14. The molecule has 0 radical (unpaired) electrons. The van der Waals surface area contributed by atoms with Crippen LogP contribution >= 0.6 is 15.9 Å². The number of hydrogen-bond donors (Lipinski definition) is 1. The molecule has 0 bridgehead atoms. The monoisotopic (exact) mass is 339 g/mol. The van der Waals surface area contributed by atoms with Gasteiger partial charge in [0.15, 0.2) is 0 Å². The molecule has 0 unspecified atom stereocenters. The van der Waals surface area contributed by atoms with E-state index in [-0.39, 0.29) is 11.8 Å². The summed E-state index contributed by atoms with van der Waals surface area (Å²) in [4.78, 5) is 29.1. The summed E-state index contributed by atoms with van der Waals surface area (Å²) in [6, 6.07) is 3.44. The smallest absolute Gasteiger partial charge is 0.248 e. The molecule has 1 N–H and O–H groups in total. The maximum absolute atomic E-state index is 11.8. The first-order valence-electron chi connectivity index (χ1n) is 6.12. The molecule has 2 amide bonds. The Morgan fingerprint density at radius 2 is 2.05 bits per heavy atom. The van der Waals surface area contributed by atoms with Crippen LogP contribution in [0.5, 0.6) is 0 Å². The number of morpholine rings is 1. The van der Waals surface area contributed by atoms with E-state index in [0.717, 1.165) is 0 Å². The Labute approximate surface area is 124 Å². The summed E-state index contributed by atoms with van der Waals surface area (Å²) < 4.78 is 5.84. The number of pyridine rings is 1. The zero-order valence-electron chi connectivity index (χ0n) is 10.7. The third kappa shape index (κ3) is 4.43. The molecule has 1 fully saturated rings. The molecule has 1 saturated heterocycles. The third-order valence-corrected chi connectivity index (χ3v) is 3.16. The minimum atomic E-state index is -0.365. The van der Waals surface area contributed by atoms with Crippen LogP contribution in [0, 0.1) is 0 Å². The molecule has 1 aromatic heterocycles. The molecule has 7 heteroatoms. The third-order valence-electron chi connectivity index (χ3n) is 2.69. The van der Waals surface area contributed by atoms with Crippen molar-refractivity contribution in [2.24, 2.45) is 0 Å². The van der Waals surface area contributed by atoms with Crippen molar-refractivity contribution < 1.29 is 14.3 Å². The Balaban J connectivity index is 1.85. The second-order valence-corrected chi connectivity index (χ2v) is 4.94. The Hall–Kier alpha value is -1.73. The van der Waals surface area contributed by atoms with Crippen molar-refractivity contribution >= 4 is 33.4 Å². The van der Waals surface area contributed by atoms with Crippen molar-refractivity contribution in [3.8, 4) is 0 Å². The fourth-order valence-electron chi connectivity index (χ4n) is 1.67. The summed E-state index contributed by atoms with van der Waals surface area (Å²) in [6.07, 6.45) is 4.02. The van der Waals surface area contributed by atoms with Crippen LogP contribution in [0.4, 0.5) is 5.69 Å². The molecule has 2 rings (SSSR count). The van der Waals surface area contributed by atoms with E-state index in [9.17, 15) is 9.59 Å². The molecular weight excluding hydrogens is 326 g/mol. The number of nitrogens with zero attached hydrogens (tertiary/aromatic N) is 2. The Morgan fingerprint density at radius 1 is 1.30 bits per heavy atom. The molecule has 20 heavy (non-hydrogen) atoms. The van der Waals surface area contributed by atoms with Gasteiger partial charge >= 0.3 is 0 Å². The van der Waals surface area contributed by atoms with Gasteiger partial charge in [0.1, 0.15) is 4.60 Å². The van der Waals surface area contributed by atoms with E-state index >= 15 is 0 Å². The van der Waals surface area contributed by atoms with Crippen molar-refractivity contribution in [2.45, 2.75) is 0 Å². The molecule has 1 aromatic rings. The van der Waals surface area contributed by atoms with Crippen molar-refractivity contribution in [2.75, 3.05) is 31.6 Å². The lowest BCUT2D eigenvalue weighted by molar-refractivity contribution is -0.130. The van der Waals surface area contributed by atoms with Gasteiger partial charge in [0, 0.05) is 25.2 Å². The van der Waals surface area contributed by atoms with Crippen LogP contribution in [-0.2, 0) is 14.3 Å². The van der Waals surface area contributed by atoms with Crippen LogP contribution in [0.25, 0.3) is 0 Å². The van der Waals surface area contributed by atoms with Crippen LogP contribution in [0.15, 0.2) is 35.1 Å². The number of carbonyl (C=O) groups excluding carboxylic acids is 2. The van der Waals surface area contributed by atoms with Gasteiger partial charge in [0.2, 0.25) is 11.8 Å². The lowest BCUT2D eigenvalue weighted by Gasteiger charge is -2.25. The fourth-order valence-corrected chi connectivity index (χ4v) is 1.90. The standard InChI is InChI=1S/C13H14BrN3O3/c14-11-2-1-10(9-15-11)16-12(18)3-4-13(19)17-5-7-20-8-6-17/h1-4,9H,5-8H2,(H,16,18)/b4-3-. The summed E-state index contributed by atoms with van der Waals surface area (Å²) in [5.41, 5.74) is 0.571. The number of carbonyl (C=O) groups is 2. The number of nitrogens with one attached hydrogen (secondary N) is 1.